The number of pyridine rings is 1. The highest BCUT2D eigenvalue weighted by atomic mass is 15.2. The quantitative estimate of drug-likeness (QED) is 0.918. The number of nitrogens with one attached hydrogen (secondary N) is 1. The van der Waals surface area contributed by atoms with Crippen LogP contribution < -0.4 is 10.2 Å². The molecular weight excluding hydrogens is 258 g/mol. The van der Waals surface area contributed by atoms with Crippen molar-refractivity contribution < 1.29 is 0 Å². The first kappa shape index (κ1) is 14.8. The van der Waals surface area contributed by atoms with Crippen LogP contribution in [-0.4, -0.2) is 24.6 Å². The van der Waals surface area contributed by atoms with E-state index in [1.807, 2.05) is 7.05 Å². The van der Waals surface area contributed by atoms with E-state index in [1.165, 1.54) is 62.1 Å². The van der Waals surface area contributed by atoms with Crippen LogP contribution in [-0.2, 0) is 13.0 Å². The van der Waals surface area contributed by atoms with E-state index >= 15 is 0 Å². The molecule has 1 aromatic rings. The van der Waals surface area contributed by atoms with Crippen molar-refractivity contribution in [2.75, 3.05) is 18.5 Å². The Morgan fingerprint density at radius 2 is 2.00 bits per heavy atom. The number of piperidine rings is 1. The first-order chi connectivity index (χ1) is 10.3. The standard InChI is InChI=1S/C18H29N3/c1-3-16-11-14(13-19-2)12-18(20-16)21-10-6-8-15-7-4-5-9-17(15)21/h11-12,15,17,19H,3-10,13H2,1-2H3/t15-,17-/m1/s1. The number of aryl methyl sites for hydroxylation is 1. The molecule has 116 valence electrons. The summed E-state index contributed by atoms with van der Waals surface area (Å²) < 4.78 is 0. The molecule has 2 atom stereocenters. The molecule has 1 saturated carbocycles. The van der Waals surface area contributed by atoms with E-state index in [9.17, 15) is 0 Å². The Kier molecular flexibility index (Phi) is 4.79. The second-order valence-electron chi connectivity index (χ2n) is 6.66. The SMILES string of the molecule is CCc1cc(CNC)cc(N2CCC[C@H]3CCCC[C@H]32)n1. The molecule has 2 aliphatic rings. The van der Waals surface area contributed by atoms with Gasteiger partial charge < -0.3 is 10.2 Å². The maximum atomic E-state index is 4.95. The number of fused-ring (bicyclic) bond motifs is 1. The summed E-state index contributed by atoms with van der Waals surface area (Å²) >= 11 is 0. The zero-order valence-electron chi connectivity index (χ0n) is 13.6. The van der Waals surface area contributed by atoms with Gasteiger partial charge in [-0.3, -0.25) is 0 Å². The number of nitrogens with zero attached hydrogens (tertiary/aromatic N) is 2. The Morgan fingerprint density at radius 3 is 2.81 bits per heavy atom. The molecule has 1 aromatic heterocycles. The first-order valence-electron chi connectivity index (χ1n) is 8.73. The minimum Gasteiger partial charge on any atom is -0.353 e. The van der Waals surface area contributed by atoms with E-state index in [0.717, 1.165) is 24.9 Å². The Bertz CT molecular complexity index is 470. The van der Waals surface area contributed by atoms with Crippen LogP contribution in [0.25, 0.3) is 0 Å². The van der Waals surface area contributed by atoms with Crippen LogP contribution in [0.15, 0.2) is 12.1 Å². The fourth-order valence-corrected chi connectivity index (χ4v) is 4.18. The minimum absolute atomic E-state index is 0.745. The van der Waals surface area contributed by atoms with Gasteiger partial charge in [-0.15, -0.1) is 0 Å². The molecular formula is C18H29N3. The molecule has 3 rings (SSSR count). The monoisotopic (exact) mass is 287 g/mol. The van der Waals surface area contributed by atoms with Gasteiger partial charge in [0.1, 0.15) is 5.82 Å². The highest BCUT2D eigenvalue weighted by Crippen LogP contribution is 2.37. The van der Waals surface area contributed by atoms with Crippen molar-refractivity contribution in [3.63, 3.8) is 0 Å². The molecule has 0 bridgehead atoms. The topological polar surface area (TPSA) is 28.2 Å². The smallest absolute Gasteiger partial charge is 0.129 e. The second-order valence-corrected chi connectivity index (χ2v) is 6.66. The molecule has 0 unspecified atom stereocenters. The van der Waals surface area contributed by atoms with Crippen LogP contribution in [0.3, 0.4) is 0 Å². The van der Waals surface area contributed by atoms with Gasteiger partial charge in [-0.05, 0) is 62.8 Å². The highest BCUT2D eigenvalue weighted by Gasteiger charge is 2.33. The number of anilines is 1. The molecule has 21 heavy (non-hydrogen) atoms. The van der Waals surface area contributed by atoms with Crippen molar-refractivity contribution in [1.82, 2.24) is 10.3 Å². The summed E-state index contributed by atoms with van der Waals surface area (Å²) in [6.07, 6.45) is 9.41. The van der Waals surface area contributed by atoms with E-state index in [1.54, 1.807) is 0 Å². The summed E-state index contributed by atoms with van der Waals surface area (Å²) in [5, 5.41) is 3.28. The third kappa shape index (κ3) is 3.23. The van der Waals surface area contributed by atoms with Gasteiger partial charge in [0, 0.05) is 24.8 Å². The Morgan fingerprint density at radius 1 is 1.19 bits per heavy atom. The molecule has 0 spiro atoms. The summed E-state index contributed by atoms with van der Waals surface area (Å²) in [6.45, 7) is 4.33. The molecule has 3 nitrogen and oxygen atoms in total. The Labute approximate surface area is 129 Å². The van der Waals surface area contributed by atoms with Gasteiger partial charge in [-0.25, -0.2) is 4.98 Å². The Balaban J connectivity index is 1.88. The predicted octanol–water partition coefficient (Wildman–Crippen LogP) is 3.52. The van der Waals surface area contributed by atoms with E-state index in [4.69, 9.17) is 4.98 Å². The van der Waals surface area contributed by atoms with Gasteiger partial charge in [0.25, 0.3) is 0 Å². The van der Waals surface area contributed by atoms with Gasteiger partial charge in [0.2, 0.25) is 0 Å². The van der Waals surface area contributed by atoms with Crippen molar-refractivity contribution >= 4 is 5.82 Å². The maximum Gasteiger partial charge on any atom is 0.129 e. The molecule has 2 heterocycles. The lowest BCUT2D eigenvalue weighted by Crippen LogP contribution is -2.47. The number of hydrogen-bond acceptors (Lipinski definition) is 3. The van der Waals surface area contributed by atoms with Crippen molar-refractivity contribution in [2.45, 2.75) is 64.5 Å². The average Bonchev–Trinajstić information content (AvgIpc) is 2.54. The number of rotatable bonds is 4. The highest BCUT2D eigenvalue weighted by molar-refractivity contribution is 5.45. The Hall–Kier alpha value is -1.09. The van der Waals surface area contributed by atoms with Crippen molar-refractivity contribution in [2.24, 2.45) is 5.92 Å². The van der Waals surface area contributed by atoms with Crippen LogP contribution in [0.4, 0.5) is 5.82 Å². The summed E-state index contributed by atoms with van der Waals surface area (Å²) in [5.41, 5.74) is 2.60. The van der Waals surface area contributed by atoms with Crippen molar-refractivity contribution in [1.29, 1.82) is 0 Å². The molecule has 1 N–H and O–H groups in total. The summed E-state index contributed by atoms with van der Waals surface area (Å²) in [4.78, 5) is 7.58. The van der Waals surface area contributed by atoms with Gasteiger partial charge in [0.05, 0.1) is 0 Å². The number of hydrogen-bond donors (Lipinski definition) is 1. The van der Waals surface area contributed by atoms with Crippen LogP contribution in [0.2, 0.25) is 0 Å². The average molecular weight is 287 g/mol. The molecule has 0 amide bonds. The second kappa shape index (κ2) is 6.78. The van der Waals surface area contributed by atoms with Crippen molar-refractivity contribution in [3.8, 4) is 0 Å². The maximum absolute atomic E-state index is 4.95. The summed E-state index contributed by atoms with van der Waals surface area (Å²) in [5.74, 6) is 2.14. The lowest BCUT2D eigenvalue weighted by Gasteiger charge is -2.45. The predicted molar refractivity (Wildman–Crippen MR) is 88.7 cm³/mol. The summed E-state index contributed by atoms with van der Waals surface area (Å²) in [6, 6.07) is 5.31. The lowest BCUT2D eigenvalue weighted by atomic mass is 9.78. The molecule has 3 heteroatoms. The first-order valence-corrected chi connectivity index (χ1v) is 8.73. The molecule has 1 aliphatic heterocycles. The van der Waals surface area contributed by atoms with E-state index in [-0.39, 0.29) is 0 Å². The summed E-state index contributed by atoms with van der Waals surface area (Å²) in [7, 11) is 2.02. The number of aromatic nitrogens is 1. The largest absolute Gasteiger partial charge is 0.353 e. The van der Waals surface area contributed by atoms with Crippen molar-refractivity contribution in [3.05, 3.63) is 23.4 Å². The van der Waals surface area contributed by atoms with Crippen LogP contribution in [0.5, 0.6) is 0 Å². The molecule has 1 aliphatic carbocycles. The lowest BCUT2D eigenvalue weighted by molar-refractivity contribution is 0.242. The van der Waals surface area contributed by atoms with Crippen LogP contribution in [0.1, 0.15) is 56.7 Å². The van der Waals surface area contributed by atoms with E-state index < -0.39 is 0 Å². The van der Waals surface area contributed by atoms with Crippen LogP contribution in [0, 0.1) is 5.92 Å². The minimum atomic E-state index is 0.745. The molecule has 2 fully saturated rings. The van der Waals surface area contributed by atoms with Gasteiger partial charge in [-0.1, -0.05) is 19.8 Å². The van der Waals surface area contributed by atoms with Crippen LogP contribution >= 0.6 is 0 Å². The molecule has 1 saturated heterocycles. The van der Waals surface area contributed by atoms with Gasteiger partial charge in [0.15, 0.2) is 0 Å². The molecule has 0 aromatic carbocycles. The third-order valence-corrected chi connectivity index (χ3v) is 5.21. The molecule has 0 radical (unpaired) electrons. The van der Waals surface area contributed by atoms with Gasteiger partial charge in [-0.2, -0.15) is 0 Å². The fourth-order valence-electron chi connectivity index (χ4n) is 4.18. The normalized spacial score (nSPS) is 25.7. The van der Waals surface area contributed by atoms with E-state index in [2.05, 4.69) is 29.3 Å². The van der Waals surface area contributed by atoms with Gasteiger partial charge >= 0.3 is 0 Å². The zero-order valence-corrected chi connectivity index (χ0v) is 13.6. The van der Waals surface area contributed by atoms with E-state index in [0.29, 0.717) is 0 Å². The zero-order chi connectivity index (χ0) is 14.7. The fraction of sp³-hybridized carbons (Fsp3) is 0.722. The third-order valence-electron chi connectivity index (χ3n) is 5.21.